The summed E-state index contributed by atoms with van der Waals surface area (Å²) in [6.07, 6.45) is 2.53. The largest absolute Gasteiger partial charge is 0.484 e. The Bertz CT molecular complexity index is 966. The standard InChI is InChI=1S/C23H24Cl2N2O3/c24-14-10-19-18(20(25)11-14)12-21(26-9-7-16(28)13-26)23(19)30-17-5-3-15(4-6-17)27-8-1-2-22(27)29/h3-6,10-11,16,21,23,28H,1-2,7-9,12-13H2/t16-,21+,23+/m1/s1. The lowest BCUT2D eigenvalue weighted by molar-refractivity contribution is -0.117. The van der Waals surface area contributed by atoms with Crippen molar-refractivity contribution in [2.24, 2.45) is 0 Å². The number of amides is 1. The zero-order valence-electron chi connectivity index (χ0n) is 16.6. The first-order valence-corrected chi connectivity index (χ1v) is 11.2. The van der Waals surface area contributed by atoms with Crippen molar-refractivity contribution in [2.75, 3.05) is 24.5 Å². The van der Waals surface area contributed by atoms with E-state index in [1.807, 2.05) is 35.2 Å². The van der Waals surface area contributed by atoms with Crippen molar-refractivity contribution in [1.29, 1.82) is 0 Å². The van der Waals surface area contributed by atoms with E-state index in [1.54, 1.807) is 6.07 Å². The highest BCUT2D eigenvalue weighted by Crippen LogP contribution is 2.43. The van der Waals surface area contributed by atoms with Crippen LogP contribution in [0.4, 0.5) is 5.69 Å². The highest BCUT2D eigenvalue weighted by atomic mass is 35.5. The third-order valence-corrected chi connectivity index (χ3v) is 6.97. The van der Waals surface area contributed by atoms with Crippen molar-refractivity contribution in [3.05, 3.63) is 57.6 Å². The van der Waals surface area contributed by atoms with E-state index < -0.39 is 0 Å². The smallest absolute Gasteiger partial charge is 0.227 e. The van der Waals surface area contributed by atoms with Gasteiger partial charge in [0.05, 0.1) is 12.1 Å². The fraction of sp³-hybridized carbons (Fsp3) is 0.435. The molecule has 0 aromatic heterocycles. The van der Waals surface area contributed by atoms with Gasteiger partial charge in [-0.15, -0.1) is 0 Å². The number of likely N-dealkylation sites (tertiary alicyclic amines) is 1. The maximum Gasteiger partial charge on any atom is 0.227 e. The summed E-state index contributed by atoms with van der Waals surface area (Å²) >= 11 is 12.8. The van der Waals surface area contributed by atoms with E-state index >= 15 is 0 Å². The molecule has 0 unspecified atom stereocenters. The molecule has 3 atom stereocenters. The van der Waals surface area contributed by atoms with E-state index in [9.17, 15) is 9.90 Å². The fourth-order valence-electron chi connectivity index (χ4n) is 4.92. The van der Waals surface area contributed by atoms with E-state index in [0.29, 0.717) is 23.0 Å². The van der Waals surface area contributed by atoms with Crippen molar-refractivity contribution in [3.8, 4) is 5.75 Å². The lowest BCUT2D eigenvalue weighted by atomic mass is 10.1. The number of fused-ring (bicyclic) bond motifs is 1. The van der Waals surface area contributed by atoms with Crippen LogP contribution in [0.3, 0.4) is 0 Å². The third kappa shape index (κ3) is 3.69. The Morgan fingerprint density at radius 3 is 2.57 bits per heavy atom. The minimum Gasteiger partial charge on any atom is -0.484 e. The number of rotatable bonds is 4. The second kappa shape index (κ2) is 8.04. The molecule has 5 rings (SSSR count). The van der Waals surface area contributed by atoms with E-state index in [-0.39, 0.29) is 24.2 Å². The second-order valence-electron chi connectivity index (χ2n) is 8.35. The van der Waals surface area contributed by atoms with Gasteiger partial charge in [0.1, 0.15) is 11.9 Å². The van der Waals surface area contributed by atoms with Gasteiger partial charge in [-0.05, 0) is 61.2 Å². The van der Waals surface area contributed by atoms with E-state index in [2.05, 4.69) is 4.90 Å². The number of benzene rings is 2. The van der Waals surface area contributed by atoms with E-state index in [4.69, 9.17) is 27.9 Å². The SMILES string of the molecule is O=C1CCCN1c1ccc(O[C@H]2c3cc(Cl)cc(Cl)c3C[C@@H]2N2CC[C@@H](O)C2)cc1. The summed E-state index contributed by atoms with van der Waals surface area (Å²) in [6, 6.07) is 11.5. The van der Waals surface area contributed by atoms with Crippen LogP contribution in [0.2, 0.25) is 10.0 Å². The summed E-state index contributed by atoms with van der Waals surface area (Å²) in [7, 11) is 0. The molecule has 2 aromatic rings. The van der Waals surface area contributed by atoms with Crippen LogP contribution >= 0.6 is 23.2 Å². The predicted octanol–water partition coefficient (Wildman–Crippen LogP) is 4.23. The maximum absolute atomic E-state index is 12.0. The number of β-amino-alcohol motifs (C(OH)–C–C–N with tert-alkyl or cyclic N) is 1. The molecule has 2 fully saturated rings. The van der Waals surface area contributed by atoms with Gasteiger partial charge < -0.3 is 14.7 Å². The first-order valence-electron chi connectivity index (χ1n) is 10.5. The molecular formula is C23H24Cl2N2O3. The van der Waals surface area contributed by atoms with Crippen LogP contribution in [0.15, 0.2) is 36.4 Å². The average Bonchev–Trinajstić information content (AvgIpc) is 3.42. The molecule has 5 nitrogen and oxygen atoms in total. The minimum atomic E-state index is -0.300. The van der Waals surface area contributed by atoms with Crippen molar-refractivity contribution >= 4 is 34.8 Å². The zero-order valence-corrected chi connectivity index (χ0v) is 18.1. The van der Waals surface area contributed by atoms with E-state index in [0.717, 1.165) is 54.9 Å². The summed E-state index contributed by atoms with van der Waals surface area (Å²) in [6.45, 7) is 2.24. The van der Waals surface area contributed by atoms with E-state index in [1.165, 1.54) is 0 Å². The quantitative estimate of drug-likeness (QED) is 0.763. The lowest BCUT2D eigenvalue weighted by Crippen LogP contribution is -2.39. The first-order chi connectivity index (χ1) is 14.5. The molecule has 7 heteroatoms. The predicted molar refractivity (Wildman–Crippen MR) is 118 cm³/mol. The van der Waals surface area contributed by atoms with Crippen molar-refractivity contribution in [2.45, 2.75) is 43.9 Å². The highest BCUT2D eigenvalue weighted by Gasteiger charge is 2.41. The number of hydrogen-bond donors (Lipinski definition) is 1. The molecule has 2 aromatic carbocycles. The van der Waals surface area contributed by atoms with Crippen LogP contribution in [-0.4, -0.2) is 47.7 Å². The molecule has 2 saturated heterocycles. The Balaban J connectivity index is 1.42. The van der Waals surface area contributed by atoms with Gasteiger partial charge in [0.2, 0.25) is 5.91 Å². The Labute approximate surface area is 186 Å². The molecule has 1 N–H and O–H groups in total. The number of hydrogen-bond acceptors (Lipinski definition) is 4. The maximum atomic E-state index is 12.0. The Morgan fingerprint density at radius 2 is 1.90 bits per heavy atom. The van der Waals surface area contributed by atoms with Crippen molar-refractivity contribution in [3.63, 3.8) is 0 Å². The summed E-state index contributed by atoms with van der Waals surface area (Å²) in [5, 5.41) is 11.3. The van der Waals surface area contributed by atoms with Crippen LogP contribution in [0.1, 0.15) is 36.5 Å². The number of halogens is 2. The summed E-state index contributed by atoms with van der Waals surface area (Å²) < 4.78 is 6.47. The van der Waals surface area contributed by atoms with Crippen molar-refractivity contribution < 1.29 is 14.6 Å². The average molecular weight is 447 g/mol. The topological polar surface area (TPSA) is 53.0 Å². The van der Waals surface area contributed by atoms with Gasteiger partial charge in [0, 0.05) is 47.4 Å². The van der Waals surface area contributed by atoms with Gasteiger partial charge in [0.25, 0.3) is 0 Å². The monoisotopic (exact) mass is 446 g/mol. The number of aliphatic hydroxyl groups is 1. The lowest BCUT2D eigenvalue weighted by Gasteiger charge is -2.30. The molecule has 1 amide bonds. The summed E-state index contributed by atoms with van der Waals surface area (Å²) in [4.78, 5) is 16.1. The normalized spacial score (nSPS) is 26.4. The minimum absolute atomic E-state index is 0.0907. The van der Waals surface area contributed by atoms with Gasteiger partial charge in [0.15, 0.2) is 0 Å². The first kappa shape index (κ1) is 20.1. The number of nitrogens with zero attached hydrogens (tertiary/aromatic N) is 2. The second-order valence-corrected chi connectivity index (χ2v) is 9.19. The van der Waals surface area contributed by atoms with Gasteiger partial charge in [-0.1, -0.05) is 23.2 Å². The molecular weight excluding hydrogens is 423 g/mol. The molecule has 3 aliphatic rings. The van der Waals surface area contributed by atoms with Gasteiger partial charge >= 0.3 is 0 Å². The van der Waals surface area contributed by atoms with Crippen LogP contribution in [0.25, 0.3) is 0 Å². The summed E-state index contributed by atoms with van der Waals surface area (Å²) in [5.41, 5.74) is 2.98. The number of carbonyl (C=O) groups excluding carboxylic acids is 1. The highest BCUT2D eigenvalue weighted by molar-refractivity contribution is 6.35. The van der Waals surface area contributed by atoms with Crippen LogP contribution in [0, 0.1) is 0 Å². The number of aliphatic hydroxyl groups excluding tert-OH is 1. The number of anilines is 1. The third-order valence-electron chi connectivity index (χ3n) is 6.41. The fourth-order valence-corrected chi connectivity index (χ4v) is 5.51. The van der Waals surface area contributed by atoms with Crippen LogP contribution in [0.5, 0.6) is 5.75 Å². The molecule has 2 aliphatic heterocycles. The number of carbonyl (C=O) groups is 1. The van der Waals surface area contributed by atoms with Crippen LogP contribution in [-0.2, 0) is 11.2 Å². The zero-order chi connectivity index (χ0) is 20.8. The molecule has 1 aliphatic carbocycles. The van der Waals surface area contributed by atoms with Crippen molar-refractivity contribution in [1.82, 2.24) is 4.90 Å². The van der Waals surface area contributed by atoms with Gasteiger partial charge in [-0.3, -0.25) is 9.69 Å². The molecule has 158 valence electrons. The van der Waals surface area contributed by atoms with Gasteiger partial charge in [-0.25, -0.2) is 0 Å². The molecule has 30 heavy (non-hydrogen) atoms. The summed E-state index contributed by atoms with van der Waals surface area (Å²) in [5.74, 6) is 0.911. The molecule has 2 heterocycles. The molecule has 0 spiro atoms. The Kier molecular flexibility index (Phi) is 5.40. The number of ether oxygens (including phenoxy) is 1. The Morgan fingerprint density at radius 1 is 1.10 bits per heavy atom. The molecule has 0 saturated carbocycles. The van der Waals surface area contributed by atoms with Crippen LogP contribution < -0.4 is 9.64 Å². The van der Waals surface area contributed by atoms with Gasteiger partial charge in [-0.2, -0.15) is 0 Å². The Hall–Kier alpha value is -1.79. The molecule has 0 radical (unpaired) electrons. The molecule has 0 bridgehead atoms.